The van der Waals surface area contributed by atoms with Gasteiger partial charge < -0.3 is 14.4 Å². The fourth-order valence-electron chi connectivity index (χ4n) is 7.25. The SMILES string of the molecule is COc1cccc(C(=O)[C@H]2[C@H](c3cccc(OC)c3)C3(C(=O)c4ccccc4C3=O)[C@@H]3C=Cc4cc(C)ccc4N32)c1. The van der Waals surface area contributed by atoms with E-state index in [9.17, 15) is 14.4 Å². The van der Waals surface area contributed by atoms with Crippen molar-refractivity contribution in [1.82, 2.24) is 0 Å². The van der Waals surface area contributed by atoms with Crippen molar-refractivity contribution < 1.29 is 23.9 Å². The van der Waals surface area contributed by atoms with Crippen molar-refractivity contribution in [1.29, 1.82) is 0 Å². The van der Waals surface area contributed by atoms with Gasteiger partial charge >= 0.3 is 0 Å². The van der Waals surface area contributed by atoms with Crippen molar-refractivity contribution in [2.75, 3.05) is 19.1 Å². The maximum Gasteiger partial charge on any atom is 0.186 e. The molecule has 1 spiro atoms. The molecule has 4 aromatic carbocycles. The number of ether oxygens (including phenoxy) is 2. The molecule has 1 saturated heterocycles. The summed E-state index contributed by atoms with van der Waals surface area (Å²) in [4.78, 5) is 46.4. The second kappa shape index (κ2) is 9.55. The maximum absolute atomic E-state index is 14.8. The summed E-state index contributed by atoms with van der Waals surface area (Å²) in [7, 11) is 3.14. The standard InChI is InChI=1S/C36H29NO5/c1-21-14-16-29-22(18-21)15-17-30-36(34(39)27-12-4-5-13-28(27)35(36)40)31(23-8-6-10-25(19-23)41-2)32(37(29)30)33(38)24-9-7-11-26(20-24)42-3/h4-20,30-32H,1-3H3/t30-,31-,32+/m0/s1. The molecule has 3 atom stereocenters. The van der Waals surface area contributed by atoms with Gasteiger partial charge in [0.15, 0.2) is 17.3 Å². The van der Waals surface area contributed by atoms with Gasteiger partial charge in [-0.15, -0.1) is 0 Å². The Morgan fingerprint density at radius 1 is 0.786 bits per heavy atom. The van der Waals surface area contributed by atoms with Gasteiger partial charge in [0.1, 0.15) is 23.0 Å². The number of anilines is 1. The first-order chi connectivity index (χ1) is 20.4. The van der Waals surface area contributed by atoms with E-state index in [1.54, 1.807) is 62.8 Å². The van der Waals surface area contributed by atoms with E-state index in [2.05, 4.69) is 6.07 Å². The molecule has 3 aliphatic rings. The number of hydrogen-bond acceptors (Lipinski definition) is 6. The van der Waals surface area contributed by atoms with Crippen LogP contribution >= 0.6 is 0 Å². The summed E-state index contributed by atoms with van der Waals surface area (Å²) in [6.07, 6.45) is 3.92. The molecule has 2 aliphatic heterocycles. The number of nitrogens with zero attached hydrogens (tertiary/aromatic N) is 1. The lowest BCUT2D eigenvalue weighted by atomic mass is 9.64. The third kappa shape index (κ3) is 3.48. The highest BCUT2D eigenvalue weighted by atomic mass is 16.5. The molecule has 0 aromatic heterocycles. The van der Waals surface area contributed by atoms with Crippen LogP contribution < -0.4 is 14.4 Å². The lowest BCUT2D eigenvalue weighted by molar-refractivity contribution is 0.0665. The summed E-state index contributed by atoms with van der Waals surface area (Å²) in [6.45, 7) is 2.02. The van der Waals surface area contributed by atoms with Crippen LogP contribution in [0.1, 0.15) is 53.7 Å². The van der Waals surface area contributed by atoms with Gasteiger partial charge in [0, 0.05) is 28.3 Å². The molecule has 0 amide bonds. The molecule has 42 heavy (non-hydrogen) atoms. The van der Waals surface area contributed by atoms with Crippen LogP contribution in [0.15, 0.2) is 97.1 Å². The summed E-state index contributed by atoms with van der Waals surface area (Å²) in [5.41, 5.74) is 3.20. The van der Waals surface area contributed by atoms with Gasteiger partial charge in [-0.25, -0.2) is 0 Å². The largest absolute Gasteiger partial charge is 0.497 e. The second-order valence-corrected chi connectivity index (χ2v) is 11.1. The number of carbonyl (C=O) groups is 3. The molecule has 0 saturated carbocycles. The Kier molecular flexibility index (Phi) is 5.91. The molecule has 7 rings (SSSR count). The zero-order valence-electron chi connectivity index (χ0n) is 23.5. The van der Waals surface area contributed by atoms with Crippen molar-refractivity contribution in [2.45, 2.75) is 24.9 Å². The van der Waals surface area contributed by atoms with Crippen molar-refractivity contribution >= 4 is 29.1 Å². The first kappa shape index (κ1) is 26.0. The Hall–Kier alpha value is -4.97. The minimum absolute atomic E-state index is 0.193. The van der Waals surface area contributed by atoms with Crippen LogP contribution in [0.25, 0.3) is 6.08 Å². The molecule has 1 aliphatic carbocycles. The minimum atomic E-state index is -1.56. The second-order valence-electron chi connectivity index (χ2n) is 11.1. The first-order valence-electron chi connectivity index (χ1n) is 14.0. The Morgan fingerprint density at radius 3 is 2.14 bits per heavy atom. The van der Waals surface area contributed by atoms with Crippen molar-refractivity contribution in [3.05, 3.63) is 130 Å². The van der Waals surface area contributed by atoms with E-state index in [1.807, 2.05) is 60.4 Å². The summed E-state index contributed by atoms with van der Waals surface area (Å²) < 4.78 is 11.0. The van der Waals surface area contributed by atoms with Gasteiger partial charge in [0.2, 0.25) is 0 Å². The molecule has 0 bridgehead atoms. The van der Waals surface area contributed by atoms with Crippen LogP contribution in [-0.4, -0.2) is 43.7 Å². The molecule has 0 unspecified atom stereocenters. The van der Waals surface area contributed by atoms with E-state index in [0.717, 1.165) is 16.8 Å². The van der Waals surface area contributed by atoms with E-state index in [-0.39, 0.29) is 17.3 Å². The number of fused-ring (bicyclic) bond motifs is 5. The molecule has 2 heterocycles. The number of benzene rings is 4. The maximum atomic E-state index is 14.8. The number of methoxy groups -OCH3 is 2. The predicted octanol–water partition coefficient (Wildman–Crippen LogP) is 6.33. The lowest BCUT2D eigenvalue weighted by Gasteiger charge is -2.37. The number of rotatable bonds is 5. The summed E-state index contributed by atoms with van der Waals surface area (Å²) >= 11 is 0. The third-order valence-corrected chi connectivity index (χ3v) is 9.04. The van der Waals surface area contributed by atoms with Crippen LogP contribution in [0.3, 0.4) is 0 Å². The lowest BCUT2D eigenvalue weighted by Crippen LogP contribution is -2.48. The fourth-order valence-corrected chi connectivity index (χ4v) is 7.25. The van der Waals surface area contributed by atoms with E-state index < -0.39 is 23.4 Å². The smallest absolute Gasteiger partial charge is 0.186 e. The van der Waals surface area contributed by atoms with Gasteiger partial charge in [-0.05, 0) is 54.4 Å². The topological polar surface area (TPSA) is 72.9 Å². The first-order valence-corrected chi connectivity index (χ1v) is 14.0. The van der Waals surface area contributed by atoms with Crippen LogP contribution in [-0.2, 0) is 0 Å². The van der Waals surface area contributed by atoms with E-state index >= 15 is 0 Å². The highest BCUT2D eigenvalue weighted by Gasteiger charge is 2.71. The van der Waals surface area contributed by atoms with Crippen LogP contribution in [0.4, 0.5) is 5.69 Å². The summed E-state index contributed by atoms with van der Waals surface area (Å²) in [5.74, 6) is -0.373. The minimum Gasteiger partial charge on any atom is -0.497 e. The predicted molar refractivity (Wildman–Crippen MR) is 161 cm³/mol. The molecule has 1 fully saturated rings. The average Bonchev–Trinajstić information content (AvgIpc) is 3.46. The van der Waals surface area contributed by atoms with Crippen LogP contribution in [0.2, 0.25) is 0 Å². The van der Waals surface area contributed by atoms with Gasteiger partial charge in [-0.3, -0.25) is 14.4 Å². The number of carbonyl (C=O) groups excluding carboxylic acids is 3. The van der Waals surface area contributed by atoms with Crippen molar-refractivity contribution in [3.8, 4) is 11.5 Å². The average molecular weight is 556 g/mol. The molecule has 208 valence electrons. The van der Waals surface area contributed by atoms with Gasteiger partial charge in [-0.1, -0.05) is 72.3 Å². The van der Waals surface area contributed by atoms with E-state index in [0.29, 0.717) is 33.8 Å². The zero-order valence-corrected chi connectivity index (χ0v) is 23.5. The highest BCUT2D eigenvalue weighted by Crippen LogP contribution is 2.61. The van der Waals surface area contributed by atoms with Crippen LogP contribution in [0.5, 0.6) is 11.5 Å². The van der Waals surface area contributed by atoms with Gasteiger partial charge in [-0.2, -0.15) is 0 Å². The van der Waals surface area contributed by atoms with Crippen LogP contribution in [0, 0.1) is 12.3 Å². The number of hydrogen-bond donors (Lipinski definition) is 0. The monoisotopic (exact) mass is 555 g/mol. The molecule has 0 N–H and O–H groups in total. The summed E-state index contributed by atoms with van der Waals surface area (Å²) in [6, 6.07) is 26.0. The van der Waals surface area contributed by atoms with E-state index in [1.165, 1.54) is 0 Å². The Morgan fingerprint density at radius 2 is 1.45 bits per heavy atom. The van der Waals surface area contributed by atoms with Gasteiger partial charge in [0.05, 0.1) is 20.3 Å². The van der Waals surface area contributed by atoms with E-state index in [4.69, 9.17) is 9.47 Å². The molecule has 4 aromatic rings. The molecule has 0 radical (unpaired) electrons. The van der Waals surface area contributed by atoms with Crippen molar-refractivity contribution in [3.63, 3.8) is 0 Å². The Labute approximate surface area is 244 Å². The fraction of sp³-hybridized carbons (Fsp3) is 0.194. The molecule has 6 heteroatoms. The Balaban J connectivity index is 1.55. The Bertz CT molecular complexity index is 1790. The molecular formula is C36H29NO5. The normalized spacial score (nSPS) is 21.2. The number of Topliss-reactive ketones (excluding diaryl/α,β-unsaturated/α-hetero) is 3. The highest BCUT2D eigenvalue weighted by molar-refractivity contribution is 6.32. The third-order valence-electron chi connectivity index (χ3n) is 9.04. The summed E-state index contributed by atoms with van der Waals surface area (Å²) in [5, 5.41) is 0. The molecular weight excluding hydrogens is 526 g/mol. The van der Waals surface area contributed by atoms with Crippen molar-refractivity contribution in [2.24, 2.45) is 5.41 Å². The number of ketones is 3. The quantitative estimate of drug-likeness (QED) is 0.212. The number of aryl methyl sites for hydroxylation is 1. The zero-order chi connectivity index (χ0) is 29.2. The van der Waals surface area contributed by atoms with Gasteiger partial charge in [0.25, 0.3) is 0 Å². The molecule has 6 nitrogen and oxygen atoms in total.